The molecule has 0 spiro atoms. The molecule has 0 radical (unpaired) electrons. The molecule has 1 aliphatic carbocycles. The zero-order valence-electron chi connectivity index (χ0n) is 24.2. The van der Waals surface area contributed by atoms with E-state index in [0.29, 0.717) is 0 Å². The van der Waals surface area contributed by atoms with Crippen molar-refractivity contribution < 1.29 is 24.9 Å². The molecule has 1 aromatic carbocycles. The monoisotopic (exact) mass is 544 g/mol. The van der Waals surface area contributed by atoms with Crippen LogP contribution in [-0.4, -0.2) is 55.8 Å². The smallest absolute Gasteiger partial charge is 0.404 e. The number of carbonyl (C=O) groups is 2. The SMILES string of the molecule is CCCCC(C)(C)C(=O)NCC(O)[C@H](C[C@@H](C(C)C)C(O)c1ccc2cnn(CCC3CC3)c2c1)NC(=O)O. The predicted octanol–water partition coefficient (Wildman–Crippen LogP) is 4.86. The van der Waals surface area contributed by atoms with Crippen molar-refractivity contribution >= 4 is 22.9 Å². The second-order valence-corrected chi connectivity index (χ2v) is 12.3. The number of rotatable bonds is 16. The van der Waals surface area contributed by atoms with Crippen LogP contribution in [0.3, 0.4) is 0 Å². The number of unbranched alkanes of at least 4 members (excludes halogenated alkanes) is 1. The van der Waals surface area contributed by atoms with Crippen LogP contribution < -0.4 is 10.6 Å². The molecule has 2 amide bonds. The Hall–Kier alpha value is -2.65. The first-order valence-electron chi connectivity index (χ1n) is 14.5. The number of hydrogen-bond donors (Lipinski definition) is 5. The predicted molar refractivity (Wildman–Crippen MR) is 152 cm³/mol. The van der Waals surface area contributed by atoms with Gasteiger partial charge in [0.2, 0.25) is 5.91 Å². The molecule has 39 heavy (non-hydrogen) atoms. The number of fused-ring (bicyclic) bond motifs is 1. The number of amides is 2. The van der Waals surface area contributed by atoms with Crippen LogP contribution in [0.1, 0.15) is 91.2 Å². The number of nitrogens with one attached hydrogen (secondary N) is 2. The minimum atomic E-state index is -1.26. The maximum atomic E-state index is 12.7. The zero-order chi connectivity index (χ0) is 28.7. The van der Waals surface area contributed by atoms with Gasteiger partial charge in [-0.3, -0.25) is 9.48 Å². The van der Waals surface area contributed by atoms with Crippen molar-refractivity contribution in [2.45, 2.75) is 104 Å². The lowest BCUT2D eigenvalue weighted by atomic mass is 9.80. The van der Waals surface area contributed by atoms with Crippen molar-refractivity contribution in [1.29, 1.82) is 0 Å². The second kappa shape index (κ2) is 13.6. The lowest BCUT2D eigenvalue weighted by molar-refractivity contribution is -0.130. The molecule has 2 aromatic rings. The van der Waals surface area contributed by atoms with Crippen LogP contribution in [0.2, 0.25) is 0 Å². The maximum Gasteiger partial charge on any atom is 0.404 e. The molecule has 1 aromatic heterocycles. The molecule has 0 saturated heterocycles. The molecule has 1 heterocycles. The molecular formula is C30H48N4O5. The van der Waals surface area contributed by atoms with Crippen molar-refractivity contribution in [3.8, 4) is 0 Å². The molecule has 1 fully saturated rings. The fourth-order valence-corrected chi connectivity index (χ4v) is 5.25. The summed E-state index contributed by atoms with van der Waals surface area (Å²) in [7, 11) is 0. The van der Waals surface area contributed by atoms with Gasteiger partial charge in [0.15, 0.2) is 0 Å². The quantitative estimate of drug-likeness (QED) is 0.205. The highest BCUT2D eigenvalue weighted by molar-refractivity contribution is 5.81. The minimum absolute atomic E-state index is 0.00309. The van der Waals surface area contributed by atoms with Crippen LogP contribution >= 0.6 is 0 Å². The van der Waals surface area contributed by atoms with Gasteiger partial charge in [-0.15, -0.1) is 0 Å². The molecule has 1 aliphatic rings. The Morgan fingerprint density at radius 2 is 1.92 bits per heavy atom. The summed E-state index contributed by atoms with van der Waals surface area (Å²) in [4.78, 5) is 24.3. The van der Waals surface area contributed by atoms with E-state index in [1.54, 1.807) is 0 Å². The van der Waals surface area contributed by atoms with Crippen molar-refractivity contribution in [3.05, 3.63) is 30.0 Å². The van der Waals surface area contributed by atoms with Gasteiger partial charge in [0, 0.05) is 23.9 Å². The number of aryl methyl sites for hydroxylation is 1. The van der Waals surface area contributed by atoms with Crippen LogP contribution in [0.25, 0.3) is 10.9 Å². The molecule has 5 N–H and O–H groups in total. The summed E-state index contributed by atoms with van der Waals surface area (Å²) in [5, 5.41) is 42.7. The molecule has 3 rings (SSSR count). The highest BCUT2D eigenvalue weighted by atomic mass is 16.4. The molecule has 9 nitrogen and oxygen atoms in total. The van der Waals surface area contributed by atoms with Gasteiger partial charge in [0.25, 0.3) is 0 Å². The summed E-state index contributed by atoms with van der Waals surface area (Å²) >= 11 is 0. The van der Waals surface area contributed by atoms with Gasteiger partial charge < -0.3 is 26.0 Å². The van der Waals surface area contributed by atoms with E-state index < -0.39 is 29.8 Å². The van der Waals surface area contributed by atoms with Gasteiger partial charge in [-0.05, 0) is 48.6 Å². The summed E-state index contributed by atoms with van der Waals surface area (Å²) in [6.07, 6.45) is 5.10. The topological polar surface area (TPSA) is 137 Å². The number of aromatic nitrogens is 2. The summed E-state index contributed by atoms with van der Waals surface area (Å²) in [5.74, 6) is 0.286. The van der Waals surface area contributed by atoms with Gasteiger partial charge in [0.1, 0.15) is 0 Å². The van der Waals surface area contributed by atoms with Gasteiger partial charge in [0.05, 0.1) is 30.0 Å². The van der Waals surface area contributed by atoms with Crippen molar-refractivity contribution in [3.63, 3.8) is 0 Å². The summed E-state index contributed by atoms with van der Waals surface area (Å²) in [5.41, 5.74) is 1.14. The largest absolute Gasteiger partial charge is 0.465 e. The number of hydrogen-bond acceptors (Lipinski definition) is 5. The number of aliphatic hydroxyl groups is 2. The summed E-state index contributed by atoms with van der Waals surface area (Å²) < 4.78 is 2.00. The van der Waals surface area contributed by atoms with Gasteiger partial charge in [-0.25, -0.2) is 4.79 Å². The van der Waals surface area contributed by atoms with Crippen molar-refractivity contribution in [1.82, 2.24) is 20.4 Å². The van der Waals surface area contributed by atoms with Crippen LogP contribution in [0.4, 0.5) is 4.79 Å². The number of carboxylic acid groups (broad SMARTS) is 1. The number of carbonyl (C=O) groups excluding carboxylic acids is 1. The fraction of sp³-hybridized carbons (Fsp3) is 0.700. The molecule has 0 aliphatic heterocycles. The standard InChI is InChI=1S/C30H48N4O5/c1-6-7-13-30(4,5)28(37)31-18-26(35)24(33-29(38)39)16-23(19(2)3)27(36)21-10-11-22-17-32-34(25(22)15-21)14-12-20-8-9-20/h10-11,15,17,19-20,23-24,26-27,33,35-36H,6-9,12-14,16,18H2,1-5H3,(H,31,37)(H,38,39)/t23-,24-,26?,27?/m0/s1. The Balaban J connectivity index is 1.72. The lowest BCUT2D eigenvalue weighted by Gasteiger charge is -2.33. The first kappa shape index (κ1) is 30.9. The maximum absolute atomic E-state index is 12.7. The molecule has 2 unspecified atom stereocenters. The molecular weight excluding hydrogens is 496 g/mol. The fourth-order valence-electron chi connectivity index (χ4n) is 5.25. The Morgan fingerprint density at radius 3 is 2.54 bits per heavy atom. The Kier molecular flexibility index (Phi) is 10.8. The van der Waals surface area contributed by atoms with Crippen molar-refractivity contribution in [2.75, 3.05) is 6.54 Å². The van der Waals surface area contributed by atoms with E-state index in [-0.39, 0.29) is 30.7 Å². The van der Waals surface area contributed by atoms with Crippen LogP contribution in [-0.2, 0) is 11.3 Å². The average molecular weight is 545 g/mol. The molecule has 9 heteroatoms. The highest BCUT2D eigenvalue weighted by Crippen LogP contribution is 2.35. The summed E-state index contributed by atoms with van der Waals surface area (Å²) in [6.45, 7) is 10.5. The van der Waals surface area contributed by atoms with Gasteiger partial charge in [-0.1, -0.05) is 72.4 Å². The third-order valence-corrected chi connectivity index (χ3v) is 8.26. The molecule has 0 bridgehead atoms. The Morgan fingerprint density at radius 1 is 1.21 bits per heavy atom. The minimum Gasteiger partial charge on any atom is -0.465 e. The second-order valence-electron chi connectivity index (χ2n) is 12.3. The molecule has 1 saturated carbocycles. The van der Waals surface area contributed by atoms with E-state index in [2.05, 4.69) is 22.7 Å². The van der Waals surface area contributed by atoms with E-state index in [9.17, 15) is 24.9 Å². The van der Waals surface area contributed by atoms with E-state index in [0.717, 1.165) is 54.6 Å². The van der Waals surface area contributed by atoms with E-state index >= 15 is 0 Å². The van der Waals surface area contributed by atoms with E-state index in [4.69, 9.17) is 0 Å². The normalized spacial score (nSPS) is 17.1. The van der Waals surface area contributed by atoms with E-state index in [1.165, 1.54) is 12.8 Å². The third-order valence-electron chi connectivity index (χ3n) is 8.26. The third kappa shape index (κ3) is 8.67. The van der Waals surface area contributed by atoms with Crippen LogP contribution in [0, 0.1) is 23.2 Å². The number of aliphatic hydroxyl groups excluding tert-OH is 2. The van der Waals surface area contributed by atoms with Gasteiger partial charge in [-0.2, -0.15) is 5.10 Å². The Bertz CT molecular complexity index is 1090. The van der Waals surface area contributed by atoms with Crippen LogP contribution in [0.15, 0.2) is 24.4 Å². The first-order chi connectivity index (χ1) is 18.4. The van der Waals surface area contributed by atoms with Crippen LogP contribution in [0.5, 0.6) is 0 Å². The first-order valence-corrected chi connectivity index (χ1v) is 14.5. The molecule has 218 valence electrons. The molecule has 4 atom stereocenters. The lowest BCUT2D eigenvalue weighted by Crippen LogP contribution is -2.51. The van der Waals surface area contributed by atoms with Gasteiger partial charge >= 0.3 is 6.09 Å². The highest BCUT2D eigenvalue weighted by Gasteiger charge is 2.33. The van der Waals surface area contributed by atoms with E-state index in [1.807, 2.05) is 56.8 Å². The average Bonchev–Trinajstić information content (AvgIpc) is 3.64. The Labute approximate surface area is 232 Å². The number of nitrogens with zero attached hydrogens (tertiary/aromatic N) is 2. The van der Waals surface area contributed by atoms with Crippen molar-refractivity contribution in [2.24, 2.45) is 23.2 Å². The zero-order valence-corrected chi connectivity index (χ0v) is 24.2. The number of benzene rings is 1. The summed E-state index contributed by atoms with van der Waals surface area (Å²) in [6, 6.07) is 4.97.